The van der Waals surface area contributed by atoms with Crippen LogP contribution in [-0.4, -0.2) is 8.42 Å². The van der Waals surface area contributed by atoms with Crippen LogP contribution in [0.15, 0.2) is 21.5 Å². The van der Waals surface area contributed by atoms with E-state index in [1.54, 1.807) is 13.0 Å². The number of nitrogens with two attached hydrogens (primary N) is 1. The van der Waals surface area contributed by atoms with E-state index in [0.29, 0.717) is 9.50 Å². The number of hydrogen-bond donors (Lipinski definition) is 1. The van der Waals surface area contributed by atoms with Crippen molar-refractivity contribution in [1.29, 1.82) is 0 Å². The Balaban J connectivity index is 3.50. The SMILES string of the molecule is Cc1cc(Br)c(S(N)(=O)=O)cc1Cl. The van der Waals surface area contributed by atoms with Gasteiger partial charge in [0.2, 0.25) is 10.0 Å². The van der Waals surface area contributed by atoms with Crippen molar-refractivity contribution in [2.24, 2.45) is 5.14 Å². The van der Waals surface area contributed by atoms with Gasteiger partial charge < -0.3 is 0 Å². The van der Waals surface area contributed by atoms with Crippen molar-refractivity contribution >= 4 is 37.6 Å². The van der Waals surface area contributed by atoms with Gasteiger partial charge in [-0.25, -0.2) is 13.6 Å². The van der Waals surface area contributed by atoms with Crippen LogP contribution in [0.3, 0.4) is 0 Å². The highest BCUT2D eigenvalue weighted by Crippen LogP contribution is 2.27. The van der Waals surface area contributed by atoms with E-state index in [1.807, 2.05) is 0 Å². The van der Waals surface area contributed by atoms with Crippen LogP contribution in [0.4, 0.5) is 0 Å². The Labute approximate surface area is 90.1 Å². The molecule has 0 aliphatic carbocycles. The highest BCUT2D eigenvalue weighted by molar-refractivity contribution is 9.10. The lowest BCUT2D eigenvalue weighted by molar-refractivity contribution is 0.597. The lowest BCUT2D eigenvalue weighted by Crippen LogP contribution is -2.12. The molecule has 0 fully saturated rings. The van der Waals surface area contributed by atoms with Crippen molar-refractivity contribution in [1.82, 2.24) is 0 Å². The van der Waals surface area contributed by atoms with Crippen LogP contribution in [0.1, 0.15) is 5.56 Å². The van der Waals surface area contributed by atoms with Crippen LogP contribution in [-0.2, 0) is 10.0 Å². The number of aryl methyl sites for hydroxylation is 1. The number of benzene rings is 1. The number of sulfonamides is 1. The summed E-state index contributed by atoms with van der Waals surface area (Å²) in [5, 5.41) is 5.34. The van der Waals surface area contributed by atoms with E-state index in [4.69, 9.17) is 16.7 Å². The molecule has 0 heterocycles. The van der Waals surface area contributed by atoms with Crippen LogP contribution < -0.4 is 5.14 Å². The quantitative estimate of drug-likeness (QED) is 0.858. The van der Waals surface area contributed by atoms with Gasteiger partial charge in [0.25, 0.3) is 0 Å². The molecule has 0 aliphatic heterocycles. The maximum absolute atomic E-state index is 11.0. The predicted octanol–water partition coefficient (Wildman–Crippen LogP) is 2.06. The first-order valence-corrected chi connectivity index (χ1v) is 6.02. The standard InChI is InChI=1S/C7H7BrClNO2S/c1-4-2-5(8)7(3-6(4)9)13(10,11)12/h2-3H,1H3,(H2,10,11,12). The Bertz CT molecular complexity index is 444. The molecule has 1 aromatic rings. The van der Waals surface area contributed by atoms with Gasteiger partial charge in [0.05, 0.1) is 4.90 Å². The minimum Gasteiger partial charge on any atom is -0.225 e. The summed E-state index contributed by atoms with van der Waals surface area (Å²) >= 11 is 8.85. The number of hydrogen-bond acceptors (Lipinski definition) is 2. The summed E-state index contributed by atoms with van der Waals surface area (Å²) in [4.78, 5) is 0.00287. The van der Waals surface area contributed by atoms with Crippen LogP contribution in [0.2, 0.25) is 5.02 Å². The zero-order chi connectivity index (χ0) is 10.2. The lowest BCUT2D eigenvalue weighted by atomic mass is 10.2. The first-order valence-electron chi connectivity index (χ1n) is 3.31. The number of primary sulfonamides is 1. The summed E-state index contributed by atoms with van der Waals surface area (Å²) in [7, 11) is -3.70. The zero-order valence-electron chi connectivity index (χ0n) is 6.71. The van der Waals surface area contributed by atoms with Crippen molar-refractivity contribution < 1.29 is 8.42 Å². The molecule has 13 heavy (non-hydrogen) atoms. The fraction of sp³-hybridized carbons (Fsp3) is 0.143. The van der Waals surface area contributed by atoms with E-state index < -0.39 is 10.0 Å². The largest absolute Gasteiger partial charge is 0.239 e. The topological polar surface area (TPSA) is 60.2 Å². The second-order valence-electron chi connectivity index (χ2n) is 2.58. The third-order valence-corrected chi connectivity index (χ3v) is 3.80. The average molecular weight is 285 g/mol. The summed E-state index contributed by atoms with van der Waals surface area (Å²) in [5.74, 6) is 0. The van der Waals surface area contributed by atoms with Gasteiger partial charge in [0.15, 0.2) is 0 Å². The molecule has 0 unspecified atom stereocenters. The van der Waals surface area contributed by atoms with Gasteiger partial charge in [-0.1, -0.05) is 11.6 Å². The van der Waals surface area contributed by atoms with Crippen LogP contribution in [0.25, 0.3) is 0 Å². The maximum Gasteiger partial charge on any atom is 0.239 e. The minimum absolute atomic E-state index is 0.00287. The Kier molecular flexibility index (Phi) is 3.01. The van der Waals surface area contributed by atoms with Crippen molar-refractivity contribution in [2.75, 3.05) is 0 Å². The number of rotatable bonds is 1. The molecule has 2 N–H and O–H groups in total. The van der Waals surface area contributed by atoms with Gasteiger partial charge in [0.1, 0.15) is 0 Å². The van der Waals surface area contributed by atoms with Gasteiger partial charge in [0, 0.05) is 9.50 Å². The monoisotopic (exact) mass is 283 g/mol. The fourth-order valence-corrected chi connectivity index (χ4v) is 2.82. The lowest BCUT2D eigenvalue weighted by Gasteiger charge is -2.04. The summed E-state index contributed by atoms with van der Waals surface area (Å²) < 4.78 is 22.4. The molecule has 0 saturated heterocycles. The van der Waals surface area contributed by atoms with E-state index in [9.17, 15) is 8.42 Å². The third-order valence-electron chi connectivity index (χ3n) is 1.52. The molecular formula is C7H7BrClNO2S. The Hall–Kier alpha value is -0.100. The molecule has 0 radical (unpaired) electrons. The maximum atomic E-state index is 11.0. The summed E-state index contributed by atoms with van der Waals surface area (Å²) in [6.07, 6.45) is 0. The van der Waals surface area contributed by atoms with Gasteiger partial charge in [-0.3, -0.25) is 0 Å². The van der Waals surface area contributed by atoms with E-state index in [0.717, 1.165) is 5.56 Å². The summed E-state index contributed by atoms with van der Waals surface area (Å²) in [6, 6.07) is 2.94. The Morgan fingerprint density at radius 3 is 2.46 bits per heavy atom. The second kappa shape index (κ2) is 3.57. The predicted molar refractivity (Wildman–Crippen MR) is 55.3 cm³/mol. The van der Waals surface area contributed by atoms with Crippen molar-refractivity contribution in [3.05, 3.63) is 27.2 Å². The first-order chi connectivity index (χ1) is 5.82. The molecular weight excluding hydrogens is 278 g/mol. The summed E-state index contributed by atoms with van der Waals surface area (Å²) in [5.41, 5.74) is 0.793. The average Bonchev–Trinajstić information content (AvgIpc) is 1.94. The van der Waals surface area contributed by atoms with Crippen molar-refractivity contribution in [3.63, 3.8) is 0 Å². The minimum atomic E-state index is -3.70. The summed E-state index contributed by atoms with van der Waals surface area (Å²) in [6.45, 7) is 1.78. The molecule has 0 saturated carbocycles. The number of halogens is 2. The highest BCUT2D eigenvalue weighted by atomic mass is 79.9. The van der Waals surface area contributed by atoms with E-state index in [2.05, 4.69) is 15.9 Å². The molecule has 72 valence electrons. The van der Waals surface area contributed by atoms with Gasteiger partial charge in [-0.15, -0.1) is 0 Å². The van der Waals surface area contributed by atoms with Crippen LogP contribution in [0, 0.1) is 6.92 Å². The van der Waals surface area contributed by atoms with Crippen LogP contribution >= 0.6 is 27.5 Å². The Morgan fingerprint density at radius 1 is 1.46 bits per heavy atom. The van der Waals surface area contributed by atoms with Crippen molar-refractivity contribution in [3.8, 4) is 0 Å². The molecule has 1 rings (SSSR count). The molecule has 6 heteroatoms. The molecule has 0 aliphatic rings. The first kappa shape index (κ1) is 11.0. The zero-order valence-corrected chi connectivity index (χ0v) is 9.87. The van der Waals surface area contributed by atoms with E-state index in [1.165, 1.54) is 6.07 Å². The molecule has 3 nitrogen and oxygen atoms in total. The molecule has 1 aromatic carbocycles. The van der Waals surface area contributed by atoms with E-state index in [-0.39, 0.29) is 4.90 Å². The third kappa shape index (κ3) is 2.43. The molecule has 0 aromatic heterocycles. The molecule has 0 amide bonds. The molecule has 0 atom stereocenters. The van der Waals surface area contributed by atoms with Gasteiger partial charge in [-0.2, -0.15) is 0 Å². The highest BCUT2D eigenvalue weighted by Gasteiger charge is 2.13. The second-order valence-corrected chi connectivity index (χ2v) is 5.37. The fourth-order valence-electron chi connectivity index (χ4n) is 0.846. The van der Waals surface area contributed by atoms with Crippen LogP contribution in [0.5, 0.6) is 0 Å². The van der Waals surface area contributed by atoms with E-state index >= 15 is 0 Å². The smallest absolute Gasteiger partial charge is 0.225 e. The normalized spacial score (nSPS) is 11.7. The molecule has 0 spiro atoms. The van der Waals surface area contributed by atoms with Gasteiger partial charge in [-0.05, 0) is 40.5 Å². The van der Waals surface area contributed by atoms with Crippen molar-refractivity contribution in [2.45, 2.75) is 11.8 Å². The van der Waals surface area contributed by atoms with Gasteiger partial charge >= 0.3 is 0 Å². The Morgan fingerprint density at radius 2 is 2.00 bits per heavy atom. The molecule has 0 bridgehead atoms.